The molecule has 0 aliphatic carbocycles. The summed E-state index contributed by atoms with van der Waals surface area (Å²) in [6, 6.07) is 4.84. The monoisotopic (exact) mass is 343 g/mol. The number of benzene rings is 1. The van der Waals surface area contributed by atoms with Crippen molar-refractivity contribution in [3.8, 4) is 0 Å². The number of pyridine rings is 1. The van der Waals surface area contributed by atoms with E-state index in [1.807, 2.05) is 6.92 Å². The van der Waals surface area contributed by atoms with Crippen LogP contribution in [0.1, 0.15) is 29.7 Å². The van der Waals surface area contributed by atoms with Crippen LogP contribution < -0.4 is 0 Å². The van der Waals surface area contributed by atoms with Crippen LogP contribution in [-0.2, 0) is 6.42 Å². The number of hydrogen-bond acceptors (Lipinski definition) is 2. The second-order valence-electron chi connectivity index (χ2n) is 4.10. The van der Waals surface area contributed by atoms with Crippen molar-refractivity contribution >= 4 is 27.5 Å². The van der Waals surface area contributed by atoms with Gasteiger partial charge in [0.25, 0.3) is 0 Å². The van der Waals surface area contributed by atoms with Crippen LogP contribution in [0.4, 0.5) is 4.39 Å². The Balaban J connectivity index is 2.50. The summed E-state index contributed by atoms with van der Waals surface area (Å²) in [5.41, 5.74) is 1.69. The summed E-state index contributed by atoms with van der Waals surface area (Å²) < 4.78 is 14.6. The highest BCUT2D eigenvalue weighted by molar-refractivity contribution is 9.10. The van der Waals surface area contributed by atoms with Crippen molar-refractivity contribution < 1.29 is 9.50 Å². The molecule has 0 fully saturated rings. The highest BCUT2D eigenvalue weighted by Crippen LogP contribution is 2.33. The predicted octanol–water partition coefficient (Wildman–Crippen LogP) is 4.28. The first-order valence-electron chi connectivity index (χ1n) is 5.80. The molecule has 0 saturated carbocycles. The standard InChI is InChI=1S/C14H12BrClFNO/c1-2-8-7-18-6-5-9(8)14(19)10-3-4-11(15)12(16)13(10)17/h3-7,14,19H,2H2,1H3. The van der Waals surface area contributed by atoms with Gasteiger partial charge in [-0.05, 0) is 45.6 Å². The summed E-state index contributed by atoms with van der Waals surface area (Å²) in [6.45, 7) is 1.96. The van der Waals surface area contributed by atoms with Crippen molar-refractivity contribution in [3.63, 3.8) is 0 Å². The molecule has 0 radical (unpaired) electrons. The fourth-order valence-corrected chi connectivity index (χ4v) is 2.40. The Morgan fingerprint density at radius 2 is 2.11 bits per heavy atom. The molecule has 0 bridgehead atoms. The fourth-order valence-electron chi connectivity index (χ4n) is 1.92. The molecule has 100 valence electrons. The minimum atomic E-state index is -1.05. The van der Waals surface area contributed by atoms with Crippen molar-refractivity contribution in [2.45, 2.75) is 19.4 Å². The van der Waals surface area contributed by atoms with Gasteiger partial charge in [-0.2, -0.15) is 0 Å². The van der Waals surface area contributed by atoms with E-state index in [0.29, 0.717) is 16.5 Å². The van der Waals surface area contributed by atoms with Crippen LogP contribution >= 0.6 is 27.5 Å². The lowest BCUT2D eigenvalue weighted by Crippen LogP contribution is -2.06. The van der Waals surface area contributed by atoms with Gasteiger partial charge >= 0.3 is 0 Å². The molecule has 0 aliphatic rings. The molecular weight excluding hydrogens is 333 g/mol. The lowest BCUT2D eigenvalue weighted by Gasteiger charge is -2.16. The van der Waals surface area contributed by atoms with Gasteiger partial charge in [0.05, 0.1) is 5.02 Å². The molecule has 5 heteroatoms. The zero-order chi connectivity index (χ0) is 14.0. The van der Waals surface area contributed by atoms with E-state index in [-0.39, 0.29) is 10.6 Å². The molecule has 2 aromatic rings. The van der Waals surface area contributed by atoms with Crippen LogP contribution in [-0.4, -0.2) is 10.1 Å². The Morgan fingerprint density at radius 3 is 2.79 bits per heavy atom. The molecule has 1 aromatic carbocycles. The van der Waals surface area contributed by atoms with Gasteiger partial charge < -0.3 is 5.11 Å². The predicted molar refractivity (Wildman–Crippen MR) is 76.8 cm³/mol. The number of aryl methyl sites for hydroxylation is 1. The molecule has 19 heavy (non-hydrogen) atoms. The van der Waals surface area contributed by atoms with E-state index < -0.39 is 11.9 Å². The van der Waals surface area contributed by atoms with Crippen molar-refractivity contribution in [3.05, 3.63) is 62.6 Å². The van der Waals surface area contributed by atoms with Gasteiger partial charge in [0.1, 0.15) is 11.9 Å². The Labute approximate surface area is 124 Å². The molecule has 0 saturated heterocycles. The van der Waals surface area contributed by atoms with Crippen molar-refractivity contribution in [1.29, 1.82) is 0 Å². The number of hydrogen-bond donors (Lipinski definition) is 1. The molecule has 1 heterocycles. The van der Waals surface area contributed by atoms with Gasteiger partial charge in [-0.3, -0.25) is 4.98 Å². The molecule has 0 amide bonds. The third-order valence-corrected chi connectivity index (χ3v) is 4.24. The minimum absolute atomic E-state index is 0.0244. The Bertz CT molecular complexity index is 606. The average Bonchev–Trinajstić information content (AvgIpc) is 2.44. The molecule has 1 atom stereocenters. The van der Waals surface area contributed by atoms with Crippen molar-refractivity contribution in [1.82, 2.24) is 4.98 Å². The maximum absolute atomic E-state index is 14.1. The molecular formula is C14H12BrClFNO. The Hall–Kier alpha value is -0.970. The van der Waals surface area contributed by atoms with Crippen LogP contribution in [0, 0.1) is 5.82 Å². The average molecular weight is 345 g/mol. The lowest BCUT2D eigenvalue weighted by molar-refractivity contribution is 0.213. The third kappa shape index (κ3) is 2.81. The number of rotatable bonds is 3. The van der Waals surface area contributed by atoms with Crippen LogP contribution in [0.2, 0.25) is 5.02 Å². The summed E-state index contributed by atoms with van der Waals surface area (Å²) >= 11 is 8.99. The van der Waals surface area contributed by atoms with Gasteiger partial charge in [0.2, 0.25) is 0 Å². The zero-order valence-corrected chi connectivity index (χ0v) is 12.5. The van der Waals surface area contributed by atoms with E-state index in [4.69, 9.17) is 11.6 Å². The van der Waals surface area contributed by atoms with E-state index in [2.05, 4.69) is 20.9 Å². The van der Waals surface area contributed by atoms with E-state index in [0.717, 1.165) is 5.56 Å². The first-order chi connectivity index (χ1) is 9.06. The van der Waals surface area contributed by atoms with E-state index >= 15 is 0 Å². The van der Waals surface area contributed by atoms with Crippen LogP contribution in [0.5, 0.6) is 0 Å². The van der Waals surface area contributed by atoms with Gasteiger partial charge in [0, 0.05) is 22.4 Å². The summed E-state index contributed by atoms with van der Waals surface area (Å²) in [5.74, 6) is -0.609. The first kappa shape index (κ1) is 14.4. The van der Waals surface area contributed by atoms with Crippen LogP contribution in [0.25, 0.3) is 0 Å². The SMILES string of the molecule is CCc1cnccc1C(O)c1ccc(Br)c(Cl)c1F. The summed E-state index contributed by atoms with van der Waals surface area (Å²) in [6.07, 6.45) is 2.92. The zero-order valence-electron chi connectivity index (χ0n) is 10.2. The topological polar surface area (TPSA) is 33.1 Å². The quantitative estimate of drug-likeness (QED) is 0.843. The van der Waals surface area contributed by atoms with Crippen molar-refractivity contribution in [2.24, 2.45) is 0 Å². The molecule has 1 aromatic heterocycles. The molecule has 0 spiro atoms. The number of aliphatic hydroxyl groups is 1. The second kappa shape index (κ2) is 5.99. The Kier molecular flexibility index (Phi) is 4.55. The van der Waals surface area contributed by atoms with Gasteiger partial charge in [-0.15, -0.1) is 0 Å². The molecule has 1 unspecified atom stereocenters. The molecule has 1 N–H and O–H groups in total. The molecule has 2 nitrogen and oxygen atoms in total. The van der Waals surface area contributed by atoms with E-state index in [1.165, 1.54) is 6.07 Å². The smallest absolute Gasteiger partial charge is 0.149 e. The Morgan fingerprint density at radius 1 is 1.37 bits per heavy atom. The highest BCUT2D eigenvalue weighted by Gasteiger charge is 2.20. The van der Waals surface area contributed by atoms with Crippen molar-refractivity contribution in [2.75, 3.05) is 0 Å². The van der Waals surface area contributed by atoms with Gasteiger partial charge in [0.15, 0.2) is 0 Å². The van der Waals surface area contributed by atoms with E-state index in [1.54, 1.807) is 24.5 Å². The van der Waals surface area contributed by atoms with Gasteiger partial charge in [-0.1, -0.05) is 24.6 Å². The van der Waals surface area contributed by atoms with E-state index in [9.17, 15) is 9.50 Å². The summed E-state index contributed by atoms with van der Waals surface area (Å²) in [7, 11) is 0. The molecule has 2 rings (SSSR count). The number of aromatic nitrogens is 1. The number of halogens is 3. The van der Waals surface area contributed by atoms with Crippen LogP contribution in [0.15, 0.2) is 35.1 Å². The molecule has 0 aliphatic heterocycles. The first-order valence-corrected chi connectivity index (χ1v) is 6.97. The summed E-state index contributed by atoms with van der Waals surface area (Å²) in [4.78, 5) is 4.01. The fraction of sp³-hybridized carbons (Fsp3) is 0.214. The second-order valence-corrected chi connectivity index (χ2v) is 5.33. The normalized spacial score (nSPS) is 12.5. The largest absolute Gasteiger partial charge is 0.384 e. The van der Waals surface area contributed by atoms with Crippen LogP contribution in [0.3, 0.4) is 0 Å². The number of nitrogens with zero attached hydrogens (tertiary/aromatic N) is 1. The van der Waals surface area contributed by atoms with Gasteiger partial charge in [-0.25, -0.2) is 4.39 Å². The summed E-state index contributed by atoms with van der Waals surface area (Å²) in [5, 5.41) is 10.3. The number of aliphatic hydroxyl groups excluding tert-OH is 1. The third-order valence-electron chi connectivity index (χ3n) is 2.98. The minimum Gasteiger partial charge on any atom is -0.384 e. The maximum Gasteiger partial charge on any atom is 0.149 e. The lowest BCUT2D eigenvalue weighted by atomic mass is 9.97. The highest BCUT2D eigenvalue weighted by atomic mass is 79.9. The maximum atomic E-state index is 14.1.